The molecule has 3 aliphatic rings. The minimum Gasteiger partial charge on any atom is -0.486 e. The van der Waals surface area contributed by atoms with Gasteiger partial charge in [0, 0.05) is 49.7 Å². The topological polar surface area (TPSA) is 75.5 Å². The van der Waals surface area contributed by atoms with Crippen LogP contribution in [-0.2, 0) is 18.4 Å². The summed E-state index contributed by atoms with van der Waals surface area (Å²) in [5.74, 6) is 2.33. The lowest BCUT2D eigenvalue weighted by Crippen LogP contribution is -2.48. The third kappa shape index (κ3) is 4.69. The van der Waals surface area contributed by atoms with Gasteiger partial charge in [-0.05, 0) is 86.5 Å². The number of anilines is 2. The number of nitrogens with zero attached hydrogens (tertiary/aromatic N) is 5. The number of hydrogen-bond acceptors (Lipinski definition) is 6. The van der Waals surface area contributed by atoms with Gasteiger partial charge < -0.3 is 19.9 Å². The minimum atomic E-state index is 0.0597. The summed E-state index contributed by atoms with van der Waals surface area (Å²) in [6.07, 6.45) is 11.6. The Balaban J connectivity index is 1.16. The highest BCUT2D eigenvalue weighted by Gasteiger charge is 2.30. The van der Waals surface area contributed by atoms with Crippen molar-refractivity contribution in [1.29, 1.82) is 0 Å². The molecule has 5 heterocycles. The third-order valence-electron chi connectivity index (χ3n) is 8.45. The highest BCUT2D eigenvalue weighted by Crippen LogP contribution is 2.42. The molecule has 8 nitrogen and oxygen atoms in total. The van der Waals surface area contributed by atoms with Gasteiger partial charge in [0.05, 0.1) is 11.9 Å². The van der Waals surface area contributed by atoms with Gasteiger partial charge in [-0.2, -0.15) is 5.10 Å². The van der Waals surface area contributed by atoms with Crippen molar-refractivity contribution in [1.82, 2.24) is 24.6 Å². The summed E-state index contributed by atoms with van der Waals surface area (Å²) in [5.41, 5.74) is 6.72. The molecule has 0 atom stereocenters. The van der Waals surface area contributed by atoms with Crippen LogP contribution >= 0.6 is 0 Å². The molecule has 8 heteroatoms. The van der Waals surface area contributed by atoms with Crippen LogP contribution in [0.3, 0.4) is 0 Å². The van der Waals surface area contributed by atoms with Gasteiger partial charge in [-0.25, -0.2) is 4.98 Å². The average molecular weight is 513 g/mol. The largest absolute Gasteiger partial charge is 0.486 e. The summed E-state index contributed by atoms with van der Waals surface area (Å²) >= 11 is 0. The van der Waals surface area contributed by atoms with Crippen LogP contribution in [0.5, 0.6) is 5.75 Å². The fourth-order valence-electron chi connectivity index (χ4n) is 6.35. The van der Waals surface area contributed by atoms with Crippen molar-refractivity contribution < 1.29 is 9.53 Å². The van der Waals surface area contributed by atoms with Crippen molar-refractivity contribution in [2.24, 2.45) is 7.05 Å². The van der Waals surface area contributed by atoms with E-state index in [-0.39, 0.29) is 5.91 Å². The molecule has 198 valence electrons. The van der Waals surface area contributed by atoms with E-state index >= 15 is 0 Å². The number of ether oxygens (including phenoxy) is 1. The molecule has 38 heavy (non-hydrogen) atoms. The van der Waals surface area contributed by atoms with Crippen LogP contribution < -0.4 is 10.1 Å². The molecule has 3 aromatic rings. The van der Waals surface area contributed by atoms with Crippen LogP contribution in [0.4, 0.5) is 11.5 Å². The number of aryl methyl sites for hydroxylation is 2. The fraction of sp³-hybridized carbons (Fsp3) is 0.433. The second-order valence-electron chi connectivity index (χ2n) is 10.8. The molecule has 0 spiro atoms. The first-order valence-electron chi connectivity index (χ1n) is 13.7. The number of nitrogens with one attached hydrogen (secondary N) is 1. The number of piperidine rings is 2. The Bertz CT molecular complexity index is 1350. The summed E-state index contributed by atoms with van der Waals surface area (Å²) in [5, 5.41) is 7.95. The predicted octanol–water partition coefficient (Wildman–Crippen LogP) is 4.78. The van der Waals surface area contributed by atoms with Gasteiger partial charge in [0.25, 0.3) is 0 Å². The van der Waals surface area contributed by atoms with Crippen LogP contribution in [-0.4, -0.2) is 62.7 Å². The summed E-state index contributed by atoms with van der Waals surface area (Å²) in [4.78, 5) is 21.2. The molecule has 0 bridgehead atoms. The first kappa shape index (κ1) is 24.7. The van der Waals surface area contributed by atoms with E-state index in [0.29, 0.717) is 18.6 Å². The Morgan fingerprint density at radius 2 is 1.95 bits per heavy atom. The Kier molecular flexibility index (Phi) is 6.66. The number of fused-ring (bicyclic) bond motifs is 2. The van der Waals surface area contributed by atoms with Gasteiger partial charge in [0.1, 0.15) is 18.2 Å². The SMILES string of the molecule is C=CC(=O)N1CCC(N2CCC(c3cc(C)c4c(c3)Nc3nccc(-c5cnn(C)c5)c3CO4)CC2)CC1. The third-order valence-corrected chi connectivity index (χ3v) is 8.45. The Morgan fingerprint density at radius 3 is 2.66 bits per heavy atom. The zero-order valence-corrected chi connectivity index (χ0v) is 22.3. The van der Waals surface area contributed by atoms with Crippen molar-refractivity contribution in [2.45, 2.75) is 51.2 Å². The van der Waals surface area contributed by atoms with Crippen LogP contribution in [0.1, 0.15) is 48.3 Å². The van der Waals surface area contributed by atoms with Crippen molar-refractivity contribution in [2.75, 3.05) is 31.5 Å². The van der Waals surface area contributed by atoms with Gasteiger partial charge in [0.2, 0.25) is 5.91 Å². The van der Waals surface area contributed by atoms with E-state index in [2.05, 4.69) is 45.9 Å². The highest BCUT2D eigenvalue weighted by atomic mass is 16.5. The molecule has 2 saturated heterocycles. The molecule has 0 saturated carbocycles. The Hall–Kier alpha value is -3.65. The lowest BCUT2D eigenvalue weighted by Gasteiger charge is -2.41. The zero-order valence-electron chi connectivity index (χ0n) is 22.3. The van der Waals surface area contributed by atoms with Gasteiger partial charge in [-0.15, -0.1) is 0 Å². The second kappa shape index (κ2) is 10.3. The number of rotatable bonds is 4. The number of likely N-dealkylation sites (tertiary alicyclic amines) is 2. The standard InChI is InChI=1S/C30H36N6O2/c1-4-28(37)36-13-8-24(9-14-36)35-11-6-21(7-12-35)22-15-20(2)29-27(16-22)33-30-26(19-38-29)25(5-10-31-30)23-17-32-34(3)18-23/h4-5,10,15-18,21,24H,1,6-9,11-14,19H2,2-3H3,(H,31,33). The number of benzene rings is 1. The predicted molar refractivity (Wildman–Crippen MR) is 149 cm³/mol. The van der Waals surface area contributed by atoms with Crippen LogP contribution in [0.2, 0.25) is 0 Å². The number of pyridine rings is 1. The van der Waals surface area contributed by atoms with E-state index in [0.717, 1.165) is 91.4 Å². The van der Waals surface area contributed by atoms with E-state index < -0.39 is 0 Å². The lowest BCUT2D eigenvalue weighted by atomic mass is 9.87. The molecule has 1 amide bonds. The van der Waals surface area contributed by atoms with E-state index in [1.165, 1.54) is 11.6 Å². The summed E-state index contributed by atoms with van der Waals surface area (Å²) < 4.78 is 8.19. The van der Waals surface area contributed by atoms with Crippen LogP contribution in [0.25, 0.3) is 11.1 Å². The molecule has 2 fully saturated rings. The van der Waals surface area contributed by atoms with Crippen LogP contribution in [0.15, 0.2) is 49.4 Å². The normalized spacial score (nSPS) is 18.6. The first-order chi connectivity index (χ1) is 18.5. The second-order valence-corrected chi connectivity index (χ2v) is 10.8. The van der Waals surface area contributed by atoms with E-state index in [4.69, 9.17) is 4.74 Å². The molecule has 0 radical (unpaired) electrons. The molecule has 2 aromatic heterocycles. The van der Waals surface area contributed by atoms with Crippen LogP contribution in [0, 0.1) is 6.92 Å². The maximum absolute atomic E-state index is 11.9. The maximum Gasteiger partial charge on any atom is 0.245 e. The number of carbonyl (C=O) groups is 1. The van der Waals surface area contributed by atoms with E-state index in [9.17, 15) is 4.79 Å². The summed E-state index contributed by atoms with van der Waals surface area (Å²) in [7, 11) is 1.93. The van der Waals surface area contributed by atoms with E-state index in [1.54, 1.807) is 0 Å². The smallest absolute Gasteiger partial charge is 0.245 e. The fourth-order valence-corrected chi connectivity index (χ4v) is 6.35. The monoisotopic (exact) mass is 512 g/mol. The summed E-state index contributed by atoms with van der Waals surface area (Å²) in [6, 6.07) is 7.19. The maximum atomic E-state index is 11.9. The lowest BCUT2D eigenvalue weighted by molar-refractivity contribution is -0.127. The number of hydrogen-bond donors (Lipinski definition) is 1. The number of aromatic nitrogens is 3. The number of carbonyl (C=O) groups excluding carboxylic acids is 1. The van der Waals surface area contributed by atoms with Crippen molar-refractivity contribution >= 4 is 17.4 Å². The molecule has 1 aromatic carbocycles. The minimum absolute atomic E-state index is 0.0597. The highest BCUT2D eigenvalue weighted by molar-refractivity contribution is 5.87. The van der Waals surface area contributed by atoms with Gasteiger partial charge >= 0.3 is 0 Å². The molecule has 3 aliphatic heterocycles. The Labute approximate surface area is 224 Å². The molecular formula is C30H36N6O2. The van der Waals surface area contributed by atoms with Gasteiger partial charge in [0.15, 0.2) is 0 Å². The first-order valence-corrected chi connectivity index (χ1v) is 13.7. The molecule has 6 rings (SSSR count). The van der Waals surface area contributed by atoms with E-state index in [1.807, 2.05) is 41.3 Å². The summed E-state index contributed by atoms with van der Waals surface area (Å²) in [6.45, 7) is 10.1. The van der Waals surface area contributed by atoms with Gasteiger partial charge in [-0.3, -0.25) is 9.48 Å². The molecule has 1 N–H and O–H groups in total. The Morgan fingerprint density at radius 1 is 1.16 bits per heavy atom. The number of amides is 1. The average Bonchev–Trinajstić information content (AvgIpc) is 3.28. The van der Waals surface area contributed by atoms with Crippen molar-refractivity contribution in [3.8, 4) is 16.9 Å². The van der Waals surface area contributed by atoms with Crippen molar-refractivity contribution in [3.63, 3.8) is 0 Å². The molecule has 0 unspecified atom stereocenters. The quantitative estimate of drug-likeness (QED) is 0.507. The molecular weight excluding hydrogens is 476 g/mol. The van der Waals surface area contributed by atoms with Crippen molar-refractivity contribution in [3.05, 3.63) is 66.1 Å². The van der Waals surface area contributed by atoms with Gasteiger partial charge in [-0.1, -0.05) is 12.6 Å². The zero-order chi connectivity index (χ0) is 26.2. The molecule has 0 aliphatic carbocycles.